The van der Waals surface area contributed by atoms with E-state index < -0.39 is 17.9 Å². The van der Waals surface area contributed by atoms with Crippen molar-refractivity contribution < 1.29 is 19.4 Å². The molecule has 0 radical (unpaired) electrons. The number of hydrogen-bond donors (Lipinski definition) is 1. The Hall–Kier alpha value is -1.26. The summed E-state index contributed by atoms with van der Waals surface area (Å²) in [5, 5.41) is 9.69. The number of halogens is 2. The van der Waals surface area contributed by atoms with Gasteiger partial charge in [-0.05, 0) is 31.0 Å². The second kappa shape index (κ2) is 6.61. The Morgan fingerprint density at radius 2 is 1.89 bits per heavy atom. The number of carbonyl (C=O) groups excluding carboxylic acids is 1. The van der Waals surface area contributed by atoms with E-state index >= 15 is 0 Å². The van der Waals surface area contributed by atoms with E-state index in [2.05, 4.69) is 0 Å². The van der Waals surface area contributed by atoms with Crippen molar-refractivity contribution in [1.29, 1.82) is 0 Å². The van der Waals surface area contributed by atoms with E-state index in [4.69, 9.17) is 33.0 Å². The fraction of sp³-hybridized carbons (Fsp3) is 0.333. The van der Waals surface area contributed by atoms with Crippen LogP contribution in [0.2, 0.25) is 10.0 Å². The van der Waals surface area contributed by atoms with E-state index in [1.54, 1.807) is 25.1 Å². The van der Waals surface area contributed by atoms with Gasteiger partial charge >= 0.3 is 11.9 Å². The van der Waals surface area contributed by atoms with Crippen LogP contribution >= 0.6 is 23.2 Å². The number of carbonyl (C=O) groups is 2. The van der Waals surface area contributed by atoms with Gasteiger partial charge in [-0.15, -0.1) is 0 Å². The molecular weight excluding hydrogens is 279 g/mol. The van der Waals surface area contributed by atoms with Gasteiger partial charge in [0.05, 0.1) is 6.61 Å². The highest BCUT2D eigenvalue weighted by Gasteiger charge is 2.29. The molecule has 6 heteroatoms. The van der Waals surface area contributed by atoms with Crippen LogP contribution < -0.4 is 0 Å². The molecule has 1 unspecified atom stereocenters. The lowest BCUT2D eigenvalue weighted by Gasteiger charge is -2.13. The number of carboxylic acid groups (broad SMARTS) is 1. The lowest BCUT2D eigenvalue weighted by molar-refractivity contribution is -0.158. The minimum atomic E-state index is -1.30. The Bertz CT molecular complexity index is 439. The van der Waals surface area contributed by atoms with Crippen molar-refractivity contribution in [2.45, 2.75) is 13.3 Å². The number of ether oxygens (including phenoxy) is 1. The molecule has 0 saturated carbocycles. The summed E-state index contributed by atoms with van der Waals surface area (Å²) in [6.45, 7) is 1.73. The molecule has 1 N–H and O–H groups in total. The second-order valence-electron chi connectivity index (χ2n) is 3.55. The van der Waals surface area contributed by atoms with Crippen LogP contribution in [0, 0.1) is 5.92 Å². The molecular formula is C12H12Cl2O4. The third kappa shape index (κ3) is 3.62. The molecule has 0 heterocycles. The third-order valence-corrected chi connectivity index (χ3v) is 3.05. The van der Waals surface area contributed by atoms with Crippen LogP contribution in [0.5, 0.6) is 0 Å². The van der Waals surface area contributed by atoms with Crippen molar-refractivity contribution in [1.82, 2.24) is 0 Å². The molecule has 0 amide bonds. The Morgan fingerprint density at radius 1 is 1.33 bits per heavy atom. The van der Waals surface area contributed by atoms with Gasteiger partial charge in [-0.3, -0.25) is 9.59 Å². The van der Waals surface area contributed by atoms with Gasteiger partial charge in [-0.25, -0.2) is 0 Å². The number of aliphatic carboxylic acids is 1. The first-order valence-corrected chi connectivity index (χ1v) is 6.05. The third-order valence-electron chi connectivity index (χ3n) is 2.34. The van der Waals surface area contributed by atoms with Gasteiger partial charge in [0, 0.05) is 10.0 Å². The molecule has 0 saturated heterocycles. The van der Waals surface area contributed by atoms with Gasteiger partial charge in [-0.2, -0.15) is 0 Å². The Balaban J connectivity index is 2.97. The lowest BCUT2D eigenvalue weighted by Crippen LogP contribution is -2.28. The van der Waals surface area contributed by atoms with Gasteiger partial charge in [0.1, 0.15) is 0 Å². The topological polar surface area (TPSA) is 63.6 Å². The van der Waals surface area contributed by atoms with Crippen molar-refractivity contribution >= 4 is 35.1 Å². The van der Waals surface area contributed by atoms with E-state index in [-0.39, 0.29) is 13.0 Å². The van der Waals surface area contributed by atoms with Crippen LogP contribution in [-0.4, -0.2) is 23.7 Å². The number of hydrogen-bond acceptors (Lipinski definition) is 3. The predicted molar refractivity (Wildman–Crippen MR) is 67.9 cm³/mol. The van der Waals surface area contributed by atoms with E-state index in [1.165, 1.54) is 0 Å². The zero-order chi connectivity index (χ0) is 13.7. The summed E-state index contributed by atoms with van der Waals surface area (Å²) in [7, 11) is 0. The summed E-state index contributed by atoms with van der Waals surface area (Å²) in [5.41, 5.74) is 0.432. The zero-order valence-electron chi connectivity index (χ0n) is 9.65. The number of benzene rings is 1. The average molecular weight is 291 g/mol. The first-order valence-electron chi connectivity index (χ1n) is 5.29. The maximum atomic E-state index is 11.5. The van der Waals surface area contributed by atoms with Crippen molar-refractivity contribution in [3.05, 3.63) is 33.8 Å². The van der Waals surface area contributed by atoms with Gasteiger partial charge in [-0.1, -0.05) is 29.3 Å². The zero-order valence-corrected chi connectivity index (χ0v) is 11.2. The molecule has 1 aromatic rings. The highest BCUT2D eigenvalue weighted by atomic mass is 35.5. The molecule has 1 aromatic carbocycles. The van der Waals surface area contributed by atoms with E-state index in [0.717, 1.165) is 0 Å². The van der Waals surface area contributed by atoms with Crippen molar-refractivity contribution in [2.24, 2.45) is 5.92 Å². The summed E-state index contributed by atoms with van der Waals surface area (Å²) in [6, 6.07) is 4.83. The largest absolute Gasteiger partial charge is 0.481 e. The SMILES string of the molecule is CCOC(=O)C(Cc1c(Cl)cccc1Cl)C(=O)O. The van der Waals surface area contributed by atoms with Crippen molar-refractivity contribution in [3.63, 3.8) is 0 Å². The quantitative estimate of drug-likeness (QED) is 0.669. The molecule has 1 atom stereocenters. The summed E-state index contributed by atoms with van der Waals surface area (Å²) < 4.78 is 4.71. The van der Waals surface area contributed by atoms with Crippen LogP contribution in [0.25, 0.3) is 0 Å². The molecule has 98 valence electrons. The van der Waals surface area contributed by atoms with Crippen molar-refractivity contribution in [2.75, 3.05) is 6.61 Å². The fourth-order valence-electron chi connectivity index (χ4n) is 1.45. The van der Waals surface area contributed by atoms with Crippen LogP contribution in [0.1, 0.15) is 12.5 Å². The first-order chi connectivity index (χ1) is 8.47. The summed E-state index contributed by atoms with van der Waals surface area (Å²) >= 11 is 11.9. The standard InChI is InChI=1S/C12H12Cl2O4/c1-2-18-12(17)8(11(15)16)6-7-9(13)4-3-5-10(7)14/h3-5,8H,2,6H2,1H3,(H,15,16). The van der Waals surface area contributed by atoms with E-state index in [9.17, 15) is 9.59 Å². The maximum absolute atomic E-state index is 11.5. The molecule has 0 fully saturated rings. The Labute approximate surface area is 114 Å². The smallest absolute Gasteiger partial charge is 0.320 e. The highest BCUT2D eigenvalue weighted by Crippen LogP contribution is 2.27. The number of rotatable bonds is 5. The molecule has 1 rings (SSSR count). The van der Waals surface area contributed by atoms with E-state index in [1.807, 2.05) is 0 Å². The monoisotopic (exact) mass is 290 g/mol. The number of carboxylic acids is 1. The lowest BCUT2D eigenvalue weighted by atomic mass is 9.99. The van der Waals surface area contributed by atoms with Crippen LogP contribution in [0.15, 0.2) is 18.2 Å². The molecule has 0 aliphatic rings. The molecule has 0 aromatic heterocycles. The van der Waals surface area contributed by atoms with Gasteiger partial charge in [0.2, 0.25) is 0 Å². The average Bonchev–Trinajstić information content (AvgIpc) is 2.28. The van der Waals surface area contributed by atoms with E-state index in [0.29, 0.717) is 15.6 Å². The molecule has 4 nitrogen and oxygen atoms in total. The minimum Gasteiger partial charge on any atom is -0.481 e. The molecule has 0 spiro atoms. The molecule has 0 bridgehead atoms. The minimum absolute atomic E-state index is 0.0906. The summed E-state index contributed by atoms with van der Waals surface area (Å²) in [6.07, 6.45) is -0.0906. The number of esters is 1. The first kappa shape index (κ1) is 14.8. The van der Waals surface area contributed by atoms with Crippen LogP contribution in [0.3, 0.4) is 0 Å². The summed E-state index contributed by atoms with van der Waals surface area (Å²) in [5.74, 6) is -3.35. The normalized spacial score (nSPS) is 11.9. The Morgan fingerprint density at radius 3 is 2.33 bits per heavy atom. The summed E-state index contributed by atoms with van der Waals surface area (Å²) in [4.78, 5) is 22.6. The fourth-order valence-corrected chi connectivity index (χ4v) is 2.00. The van der Waals surface area contributed by atoms with Gasteiger partial charge < -0.3 is 9.84 Å². The highest BCUT2D eigenvalue weighted by molar-refractivity contribution is 6.36. The molecule has 18 heavy (non-hydrogen) atoms. The molecule has 0 aliphatic heterocycles. The Kier molecular flexibility index (Phi) is 5.44. The molecule has 0 aliphatic carbocycles. The van der Waals surface area contributed by atoms with Crippen molar-refractivity contribution in [3.8, 4) is 0 Å². The predicted octanol–water partition coefficient (Wildman–Crippen LogP) is 2.80. The van der Waals surface area contributed by atoms with Crippen LogP contribution in [-0.2, 0) is 20.7 Å². The van der Waals surface area contributed by atoms with Crippen LogP contribution in [0.4, 0.5) is 0 Å². The maximum Gasteiger partial charge on any atom is 0.320 e. The second-order valence-corrected chi connectivity index (χ2v) is 4.36. The van der Waals surface area contributed by atoms with Gasteiger partial charge in [0.25, 0.3) is 0 Å². The van der Waals surface area contributed by atoms with Gasteiger partial charge in [0.15, 0.2) is 5.92 Å².